The third kappa shape index (κ3) is 4.52. The van der Waals surface area contributed by atoms with Crippen molar-refractivity contribution in [3.63, 3.8) is 0 Å². The Morgan fingerprint density at radius 1 is 1.32 bits per heavy atom. The third-order valence-electron chi connectivity index (χ3n) is 5.01. The third-order valence-corrected chi connectivity index (χ3v) is 5.01. The fraction of sp³-hybridized carbons (Fsp3) is 0.400. The van der Waals surface area contributed by atoms with E-state index in [1.165, 1.54) is 17.5 Å². The zero-order chi connectivity index (χ0) is 19.3. The van der Waals surface area contributed by atoms with Crippen LogP contribution in [0.5, 0.6) is 0 Å². The number of carbonyl (C=O) groups is 1. The highest BCUT2D eigenvalue weighted by Crippen LogP contribution is 2.18. The summed E-state index contributed by atoms with van der Waals surface area (Å²) in [4.78, 5) is 29.8. The maximum Gasteiger partial charge on any atom is 0.220 e. The molecule has 0 radical (unpaired) electrons. The first kappa shape index (κ1) is 18.5. The molecule has 0 fully saturated rings. The number of nitrogens with zero attached hydrogens (tertiary/aromatic N) is 4. The number of aromatic amines is 1. The predicted octanol–water partition coefficient (Wildman–Crippen LogP) is 0.821. The topological polar surface area (TPSA) is 107 Å². The van der Waals surface area contributed by atoms with Crippen molar-refractivity contribution in [3.05, 3.63) is 53.7 Å². The van der Waals surface area contributed by atoms with E-state index < -0.39 is 6.10 Å². The zero-order valence-electron chi connectivity index (χ0n) is 15.6. The summed E-state index contributed by atoms with van der Waals surface area (Å²) in [5.41, 5.74) is 4.07. The first-order valence-electron chi connectivity index (χ1n) is 9.56. The largest absolute Gasteiger partial charge is 0.390 e. The SMILES string of the molecule is O=C(CCc1nc2ncncc2[nH]1)NC[C@H](O)CN1CCc2ccccc2C1. The van der Waals surface area contributed by atoms with Gasteiger partial charge in [0, 0.05) is 39.0 Å². The molecule has 0 saturated heterocycles. The maximum atomic E-state index is 12.1. The van der Waals surface area contributed by atoms with E-state index in [4.69, 9.17) is 0 Å². The Hall–Kier alpha value is -2.84. The van der Waals surface area contributed by atoms with Gasteiger partial charge in [0.1, 0.15) is 17.7 Å². The Kier molecular flexibility index (Phi) is 5.59. The van der Waals surface area contributed by atoms with E-state index in [9.17, 15) is 9.90 Å². The molecule has 0 bridgehead atoms. The van der Waals surface area contributed by atoms with Gasteiger partial charge in [-0.2, -0.15) is 0 Å². The molecule has 3 heterocycles. The van der Waals surface area contributed by atoms with Crippen molar-refractivity contribution in [1.29, 1.82) is 0 Å². The van der Waals surface area contributed by atoms with E-state index in [2.05, 4.69) is 48.4 Å². The predicted molar refractivity (Wildman–Crippen MR) is 104 cm³/mol. The van der Waals surface area contributed by atoms with Crippen LogP contribution in [0, 0.1) is 0 Å². The molecule has 3 aromatic rings. The Morgan fingerprint density at radius 2 is 2.18 bits per heavy atom. The van der Waals surface area contributed by atoms with Gasteiger partial charge in [0.2, 0.25) is 5.91 Å². The smallest absolute Gasteiger partial charge is 0.220 e. The summed E-state index contributed by atoms with van der Waals surface area (Å²) in [7, 11) is 0. The van der Waals surface area contributed by atoms with E-state index in [0.717, 1.165) is 25.0 Å². The molecule has 1 aliphatic rings. The summed E-state index contributed by atoms with van der Waals surface area (Å²) in [6, 6.07) is 8.42. The number of hydrogen-bond acceptors (Lipinski definition) is 6. The van der Waals surface area contributed by atoms with Gasteiger partial charge in [-0.15, -0.1) is 0 Å². The van der Waals surface area contributed by atoms with Crippen LogP contribution in [0.15, 0.2) is 36.8 Å². The van der Waals surface area contributed by atoms with Crippen LogP contribution >= 0.6 is 0 Å². The number of H-pyrrole nitrogens is 1. The molecular weight excluding hydrogens is 356 g/mol. The lowest BCUT2D eigenvalue weighted by Gasteiger charge is -2.30. The second-order valence-electron chi connectivity index (χ2n) is 7.16. The first-order valence-corrected chi connectivity index (χ1v) is 9.56. The number of aryl methyl sites for hydroxylation is 1. The van der Waals surface area contributed by atoms with Crippen molar-refractivity contribution in [2.45, 2.75) is 31.9 Å². The van der Waals surface area contributed by atoms with Gasteiger partial charge in [0.15, 0.2) is 5.65 Å². The van der Waals surface area contributed by atoms with Crippen LogP contribution in [0.25, 0.3) is 11.2 Å². The van der Waals surface area contributed by atoms with E-state index in [0.29, 0.717) is 30.9 Å². The van der Waals surface area contributed by atoms with Crippen LogP contribution in [0.3, 0.4) is 0 Å². The van der Waals surface area contributed by atoms with Gasteiger partial charge in [0.05, 0.1) is 12.3 Å². The van der Waals surface area contributed by atoms with Gasteiger partial charge in [0.25, 0.3) is 0 Å². The van der Waals surface area contributed by atoms with Crippen LogP contribution in [0.1, 0.15) is 23.4 Å². The minimum Gasteiger partial charge on any atom is -0.390 e. The highest BCUT2D eigenvalue weighted by molar-refractivity contribution is 5.76. The number of benzene rings is 1. The maximum absolute atomic E-state index is 12.1. The standard InChI is InChI=1S/C20H24N6O2/c27-16(12-26-8-7-14-3-1-2-4-15(14)11-26)9-22-19(28)6-5-18-24-17-10-21-13-23-20(17)25-18/h1-4,10,13,16,27H,5-9,11-12H2,(H,22,28)(H,21,23,24,25)/t16-/m0/s1. The molecule has 1 aliphatic heterocycles. The summed E-state index contributed by atoms with van der Waals surface area (Å²) in [6.45, 7) is 2.58. The number of fused-ring (bicyclic) bond motifs is 2. The zero-order valence-corrected chi connectivity index (χ0v) is 15.6. The number of imidazole rings is 1. The number of aromatic nitrogens is 4. The molecule has 8 heteroatoms. The van der Waals surface area contributed by atoms with Crippen LogP contribution in [-0.4, -0.2) is 61.6 Å². The number of rotatable bonds is 7. The summed E-state index contributed by atoms with van der Waals surface area (Å²) in [6.07, 6.45) is 4.31. The van der Waals surface area contributed by atoms with Crippen molar-refractivity contribution in [1.82, 2.24) is 30.2 Å². The van der Waals surface area contributed by atoms with Crippen molar-refractivity contribution >= 4 is 17.1 Å². The van der Waals surface area contributed by atoms with Crippen molar-refractivity contribution in [3.8, 4) is 0 Å². The molecule has 2 aromatic heterocycles. The summed E-state index contributed by atoms with van der Waals surface area (Å²) in [5.74, 6) is 0.604. The molecule has 4 rings (SSSR count). The van der Waals surface area contributed by atoms with Crippen LogP contribution in [0.4, 0.5) is 0 Å². The van der Waals surface area contributed by atoms with Gasteiger partial charge in [-0.25, -0.2) is 15.0 Å². The number of β-amino-alcohol motifs (C(OH)–C–C–N with tert-alkyl or cyclic N) is 1. The average Bonchev–Trinajstić information content (AvgIpc) is 3.14. The molecule has 0 spiro atoms. The average molecular weight is 380 g/mol. The monoisotopic (exact) mass is 380 g/mol. The molecule has 3 N–H and O–H groups in total. The summed E-state index contributed by atoms with van der Waals surface area (Å²) < 4.78 is 0. The lowest BCUT2D eigenvalue weighted by molar-refractivity contribution is -0.121. The molecular formula is C20H24N6O2. The Balaban J connectivity index is 1.19. The minimum absolute atomic E-state index is 0.102. The number of hydrogen-bond donors (Lipinski definition) is 3. The summed E-state index contributed by atoms with van der Waals surface area (Å²) in [5, 5.41) is 13.1. The van der Waals surface area contributed by atoms with Gasteiger partial charge < -0.3 is 15.4 Å². The molecule has 0 aliphatic carbocycles. The van der Waals surface area contributed by atoms with Crippen molar-refractivity contribution < 1.29 is 9.90 Å². The van der Waals surface area contributed by atoms with Gasteiger partial charge in [-0.1, -0.05) is 24.3 Å². The number of nitrogens with one attached hydrogen (secondary N) is 2. The van der Waals surface area contributed by atoms with E-state index in [1.807, 2.05) is 6.07 Å². The molecule has 0 saturated carbocycles. The highest BCUT2D eigenvalue weighted by Gasteiger charge is 2.18. The van der Waals surface area contributed by atoms with Gasteiger partial charge in [-0.05, 0) is 17.5 Å². The highest BCUT2D eigenvalue weighted by atomic mass is 16.3. The summed E-state index contributed by atoms with van der Waals surface area (Å²) >= 11 is 0. The van der Waals surface area contributed by atoms with Crippen molar-refractivity contribution in [2.24, 2.45) is 0 Å². The molecule has 1 atom stereocenters. The Morgan fingerprint density at radius 3 is 3.04 bits per heavy atom. The second kappa shape index (κ2) is 8.45. The molecule has 1 amide bonds. The normalized spacial score (nSPS) is 15.3. The number of amides is 1. The van der Waals surface area contributed by atoms with Gasteiger partial charge >= 0.3 is 0 Å². The number of carbonyl (C=O) groups excluding carboxylic acids is 1. The fourth-order valence-electron chi connectivity index (χ4n) is 3.55. The van der Waals surface area contributed by atoms with Gasteiger partial charge in [-0.3, -0.25) is 9.69 Å². The van der Waals surface area contributed by atoms with Crippen LogP contribution < -0.4 is 5.32 Å². The minimum atomic E-state index is -0.587. The fourth-order valence-corrected chi connectivity index (χ4v) is 3.55. The lowest BCUT2D eigenvalue weighted by Crippen LogP contribution is -2.42. The molecule has 0 unspecified atom stereocenters. The lowest BCUT2D eigenvalue weighted by atomic mass is 10.00. The van der Waals surface area contributed by atoms with E-state index in [-0.39, 0.29) is 12.5 Å². The van der Waals surface area contributed by atoms with Crippen molar-refractivity contribution in [2.75, 3.05) is 19.6 Å². The molecule has 8 nitrogen and oxygen atoms in total. The molecule has 28 heavy (non-hydrogen) atoms. The Bertz CT molecular complexity index is 924. The Labute approximate surface area is 163 Å². The van der Waals surface area contributed by atoms with Crippen LogP contribution in [0.2, 0.25) is 0 Å². The molecule has 1 aromatic carbocycles. The number of aliphatic hydroxyl groups is 1. The number of aliphatic hydroxyl groups excluding tert-OH is 1. The quantitative estimate of drug-likeness (QED) is 0.560. The van der Waals surface area contributed by atoms with E-state index in [1.54, 1.807) is 6.20 Å². The van der Waals surface area contributed by atoms with Crippen LogP contribution in [-0.2, 0) is 24.2 Å². The second-order valence-corrected chi connectivity index (χ2v) is 7.16. The molecule has 146 valence electrons. The first-order chi connectivity index (χ1) is 13.7. The van der Waals surface area contributed by atoms with E-state index >= 15 is 0 Å².